The van der Waals surface area contributed by atoms with E-state index in [1.807, 2.05) is 12.2 Å². The van der Waals surface area contributed by atoms with E-state index in [1.54, 1.807) is 11.3 Å². The first-order valence-corrected chi connectivity index (χ1v) is 9.66. The van der Waals surface area contributed by atoms with E-state index >= 15 is 0 Å². The van der Waals surface area contributed by atoms with Crippen LogP contribution >= 0.6 is 7.79 Å². The van der Waals surface area contributed by atoms with Gasteiger partial charge in [0, 0.05) is 0 Å². The van der Waals surface area contributed by atoms with Crippen LogP contribution in [-0.2, 0) is 9.53 Å². The number of ether oxygens (including phenoxy) is 1. The summed E-state index contributed by atoms with van der Waals surface area (Å²) in [7, 11) is -1.43. The molecule has 2 unspecified atom stereocenters. The first-order chi connectivity index (χ1) is 9.69. The van der Waals surface area contributed by atoms with Crippen molar-refractivity contribution >= 4 is 13.8 Å². The van der Waals surface area contributed by atoms with Crippen LogP contribution in [0.3, 0.4) is 0 Å². The fourth-order valence-electron chi connectivity index (χ4n) is 2.55. The second kappa shape index (κ2) is 7.68. The number of carbonyl (C=O) groups is 1. The van der Waals surface area contributed by atoms with Gasteiger partial charge in [-0.25, -0.2) is 0 Å². The number of rotatable bonds is 5. The van der Waals surface area contributed by atoms with E-state index < -0.39 is 13.8 Å². The van der Waals surface area contributed by atoms with Crippen molar-refractivity contribution in [2.45, 2.75) is 46.2 Å². The van der Waals surface area contributed by atoms with E-state index in [1.165, 1.54) is 7.11 Å². The molecular weight excluding hydrogens is 287 g/mol. The lowest BCUT2D eigenvalue weighted by atomic mass is 10.0. The minimum Gasteiger partial charge on any atom is -0.651 e. The van der Waals surface area contributed by atoms with Crippen LogP contribution < -0.4 is 9.98 Å². The molecule has 0 saturated carbocycles. The topological polar surface area (TPSA) is 64.6 Å². The Balaban J connectivity index is 3.01. The zero-order valence-corrected chi connectivity index (χ0v) is 14.9. The maximum absolute atomic E-state index is 13.1. The third-order valence-corrected chi connectivity index (χ3v) is 5.96. The first-order valence-electron chi connectivity index (χ1n) is 7.56. The molecule has 0 amide bonds. The Bertz CT molecular complexity index is 383. The summed E-state index contributed by atoms with van der Waals surface area (Å²) in [5.41, 5.74) is 0. The molecule has 122 valence electrons. The lowest BCUT2D eigenvalue weighted by Crippen LogP contribution is -2.50. The number of carbonyl (C=O) groups excluding carboxylic acids is 1. The van der Waals surface area contributed by atoms with Gasteiger partial charge in [-0.3, -0.25) is 4.79 Å². The van der Waals surface area contributed by atoms with Crippen molar-refractivity contribution in [1.29, 1.82) is 0 Å². The lowest BCUT2D eigenvalue weighted by Gasteiger charge is -2.41. The predicted octanol–water partition coefficient (Wildman–Crippen LogP) is 1.81. The summed E-state index contributed by atoms with van der Waals surface area (Å²) in [6, 6.07) is -0.419. The Kier molecular flexibility index (Phi) is 6.79. The zero-order valence-electron chi connectivity index (χ0n) is 14.0. The summed E-state index contributed by atoms with van der Waals surface area (Å²) < 4.78 is 6.70. The van der Waals surface area contributed by atoms with E-state index in [9.17, 15) is 9.69 Å². The molecule has 1 rings (SSSR count). The minimum atomic E-state index is -2.81. The third-order valence-electron chi connectivity index (χ3n) is 3.76. The number of hydrogen-bond acceptors (Lipinski definition) is 5. The Morgan fingerprint density at radius 2 is 2.10 bits per heavy atom. The molecule has 0 aromatic carbocycles. The van der Waals surface area contributed by atoms with E-state index in [4.69, 9.17) is 4.74 Å². The molecule has 1 aliphatic rings. The molecule has 0 saturated heterocycles. The second-order valence-electron chi connectivity index (χ2n) is 6.50. The van der Waals surface area contributed by atoms with Crippen LogP contribution in [0.15, 0.2) is 12.2 Å². The molecule has 0 aromatic heterocycles. The molecule has 3 atom stereocenters. The van der Waals surface area contributed by atoms with Crippen LogP contribution in [0.5, 0.6) is 0 Å². The quantitative estimate of drug-likeness (QED) is 0.476. The highest BCUT2D eigenvalue weighted by Gasteiger charge is 2.42. The van der Waals surface area contributed by atoms with Crippen LogP contribution in [0.25, 0.3) is 0 Å². The summed E-state index contributed by atoms with van der Waals surface area (Å²) in [5, 5.41) is 3.22. The highest BCUT2D eigenvalue weighted by atomic mass is 31.2. The lowest BCUT2D eigenvalue weighted by molar-refractivity contribution is -0.188. The summed E-state index contributed by atoms with van der Waals surface area (Å²) in [6.07, 6.45) is 4.67. The third kappa shape index (κ3) is 5.03. The van der Waals surface area contributed by atoms with Gasteiger partial charge in [0.1, 0.15) is 13.8 Å². The summed E-state index contributed by atoms with van der Waals surface area (Å²) in [4.78, 5) is 25.2. The van der Waals surface area contributed by atoms with Gasteiger partial charge in [0.2, 0.25) is 0 Å². The largest absolute Gasteiger partial charge is 0.651 e. The molecule has 0 aromatic rings. The highest BCUT2D eigenvalue weighted by Crippen LogP contribution is 2.49. The zero-order chi connectivity index (χ0) is 16.2. The summed E-state index contributed by atoms with van der Waals surface area (Å²) >= 11 is 0. The maximum Gasteiger partial charge on any atom is 0.326 e. The van der Waals surface area contributed by atoms with Gasteiger partial charge in [-0.2, -0.15) is 9.76 Å². The van der Waals surface area contributed by atoms with Crippen molar-refractivity contribution in [3.63, 3.8) is 0 Å². The summed E-state index contributed by atoms with van der Waals surface area (Å²) in [5.74, 6) is 0.349. The van der Waals surface area contributed by atoms with Crippen molar-refractivity contribution < 1.29 is 14.4 Å². The number of esters is 1. The van der Waals surface area contributed by atoms with Gasteiger partial charge in [0.15, 0.2) is 0 Å². The van der Waals surface area contributed by atoms with Gasteiger partial charge in [-0.1, -0.05) is 39.8 Å². The molecule has 0 bridgehead atoms. The fraction of sp³-hybridized carbons (Fsp3) is 0.800. The minimum absolute atomic E-state index is 0.0585. The Morgan fingerprint density at radius 3 is 2.57 bits per heavy atom. The molecular formula is C15H29N2O3P. The Morgan fingerprint density at radius 1 is 1.48 bits per heavy atom. The SMILES string of the molecule is COC(=O)C(CC(C)C)N1CC=C[C@H](C(C)C)N[P+]1(C)[O-]. The monoisotopic (exact) mass is 316 g/mol. The molecule has 6 heteroatoms. The fourth-order valence-corrected chi connectivity index (χ4v) is 4.76. The van der Waals surface area contributed by atoms with Gasteiger partial charge >= 0.3 is 5.97 Å². The van der Waals surface area contributed by atoms with Crippen molar-refractivity contribution in [3.8, 4) is 0 Å². The van der Waals surface area contributed by atoms with E-state index in [0.29, 0.717) is 24.8 Å². The molecule has 0 spiro atoms. The molecule has 1 aliphatic heterocycles. The molecule has 5 nitrogen and oxygen atoms in total. The van der Waals surface area contributed by atoms with Gasteiger partial charge in [0.25, 0.3) is 0 Å². The molecule has 0 aliphatic carbocycles. The normalized spacial score (nSPS) is 28.7. The van der Waals surface area contributed by atoms with Gasteiger partial charge in [0.05, 0.1) is 26.4 Å². The standard InChI is InChI=1S/C15H29N2O3P/c1-11(2)10-14(15(18)20-5)17-9-7-8-13(12(3)4)16-21(17,6)19/h7-8,11-14H,9-10H2,1-6H3,(H,16,19)/t13-,14?,21?/m1/s1. The molecule has 0 radical (unpaired) electrons. The average molecular weight is 316 g/mol. The van der Waals surface area contributed by atoms with Crippen LogP contribution in [0.4, 0.5) is 0 Å². The van der Waals surface area contributed by atoms with Crippen molar-refractivity contribution in [3.05, 3.63) is 12.2 Å². The van der Waals surface area contributed by atoms with Crippen LogP contribution in [0.2, 0.25) is 0 Å². The first kappa shape index (κ1) is 18.6. The van der Waals surface area contributed by atoms with Gasteiger partial charge in [-0.15, -0.1) is 0 Å². The molecule has 21 heavy (non-hydrogen) atoms. The van der Waals surface area contributed by atoms with Crippen LogP contribution in [-0.4, -0.2) is 43.0 Å². The van der Waals surface area contributed by atoms with E-state index in [0.717, 1.165) is 0 Å². The van der Waals surface area contributed by atoms with E-state index in [-0.39, 0.29) is 12.0 Å². The predicted molar refractivity (Wildman–Crippen MR) is 85.7 cm³/mol. The van der Waals surface area contributed by atoms with Gasteiger partial charge < -0.3 is 9.63 Å². The van der Waals surface area contributed by atoms with Crippen LogP contribution in [0, 0.1) is 11.8 Å². The maximum atomic E-state index is 13.1. The van der Waals surface area contributed by atoms with Gasteiger partial charge in [-0.05, 0) is 18.3 Å². The van der Waals surface area contributed by atoms with Crippen LogP contribution in [0.1, 0.15) is 34.1 Å². The second-order valence-corrected chi connectivity index (χ2v) is 9.03. The number of nitrogens with zero attached hydrogens (tertiary/aromatic N) is 1. The Hall–Kier alpha value is -0.480. The van der Waals surface area contributed by atoms with Crippen molar-refractivity contribution in [2.75, 3.05) is 20.3 Å². The van der Waals surface area contributed by atoms with Crippen molar-refractivity contribution in [1.82, 2.24) is 9.76 Å². The average Bonchev–Trinajstić information content (AvgIpc) is 2.53. The highest BCUT2D eigenvalue weighted by molar-refractivity contribution is 7.63. The number of methoxy groups -OCH3 is 1. The number of hydrogen-bond donors (Lipinski definition) is 1. The summed E-state index contributed by atoms with van der Waals surface area (Å²) in [6.45, 7) is 10.5. The molecule has 0 fully saturated rings. The molecule has 1 heterocycles. The Labute approximate surface area is 129 Å². The number of nitrogens with one attached hydrogen (secondary N) is 1. The van der Waals surface area contributed by atoms with E-state index in [2.05, 4.69) is 32.8 Å². The van der Waals surface area contributed by atoms with Crippen molar-refractivity contribution in [2.24, 2.45) is 11.8 Å². The smallest absolute Gasteiger partial charge is 0.326 e. The molecule has 1 N–H and O–H groups in total.